The predicted molar refractivity (Wildman–Crippen MR) is 113 cm³/mol. The number of piperidine rings is 1. The standard InChI is InChI=1S/C20H21N5O3S2/c1-13-18(29-12-23-13)20(26)25-9-5-14(6-10-25)17-16(30(2,27)28)11-22-19(24-17)15-3-7-21-8-4-15/h3-4,7-8,11-12,14H,5-6,9-10H2,1-2H3. The molecule has 0 atom stereocenters. The van der Waals surface area contributed by atoms with Crippen molar-refractivity contribution in [3.8, 4) is 11.4 Å². The molecule has 1 fully saturated rings. The number of hydrogen-bond acceptors (Lipinski definition) is 8. The van der Waals surface area contributed by atoms with Crippen LogP contribution in [0.25, 0.3) is 11.4 Å². The van der Waals surface area contributed by atoms with Crippen LogP contribution in [0.5, 0.6) is 0 Å². The van der Waals surface area contributed by atoms with Crippen LogP contribution in [0.3, 0.4) is 0 Å². The molecule has 156 valence electrons. The van der Waals surface area contributed by atoms with Crippen molar-refractivity contribution in [1.29, 1.82) is 0 Å². The minimum Gasteiger partial charge on any atom is -0.338 e. The summed E-state index contributed by atoms with van der Waals surface area (Å²) >= 11 is 1.35. The molecule has 30 heavy (non-hydrogen) atoms. The Kier molecular flexibility index (Phi) is 5.61. The second-order valence-corrected chi connectivity index (χ2v) is 10.1. The van der Waals surface area contributed by atoms with Gasteiger partial charge in [0.05, 0.1) is 16.9 Å². The van der Waals surface area contributed by atoms with Crippen molar-refractivity contribution in [1.82, 2.24) is 24.8 Å². The van der Waals surface area contributed by atoms with Crippen LogP contribution in [0.1, 0.15) is 39.8 Å². The summed E-state index contributed by atoms with van der Waals surface area (Å²) < 4.78 is 24.7. The van der Waals surface area contributed by atoms with Gasteiger partial charge in [-0.1, -0.05) is 0 Å². The molecule has 0 bridgehead atoms. The molecule has 0 N–H and O–H groups in total. The lowest BCUT2D eigenvalue weighted by Gasteiger charge is -2.32. The first-order valence-electron chi connectivity index (χ1n) is 9.51. The van der Waals surface area contributed by atoms with Gasteiger partial charge in [-0.3, -0.25) is 9.78 Å². The number of pyridine rings is 1. The van der Waals surface area contributed by atoms with E-state index in [2.05, 4.69) is 19.9 Å². The number of nitrogens with zero attached hydrogens (tertiary/aromatic N) is 5. The molecule has 0 aromatic carbocycles. The molecule has 1 aliphatic heterocycles. The molecule has 0 spiro atoms. The average Bonchev–Trinajstić information content (AvgIpc) is 3.19. The smallest absolute Gasteiger partial charge is 0.265 e. The van der Waals surface area contributed by atoms with Gasteiger partial charge in [-0.25, -0.2) is 23.4 Å². The van der Waals surface area contributed by atoms with Crippen molar-refractivity contribution in [2.24, 2.45) is 0 Å². The Morgan fingerprint density at radius 1 is 1.17 bits per heavy atom. The maximum Gasteiger partial charge on any atom is 0.265 e. The van der Waals surface area contributed by atoms with E-state index in [1.54, 1.807) is 30.0 Å². The fourth-order valence-electron chi connectivity index (χ4n) is 3.61. The number of sulfone groups is 1. The van der Waals surface area contributed by atoms with Crippen LogP contribution < -0.4 is 0 Å². The molecule has 10 heteroatoms. The zero-order valence-corrected chi connectivity index (χ0v) is 18.3. The number of aryl methyl sites for hydroxylation is 1. The van der Waals surface area contributed by atoms with E-state index in [1.165, 1.54) is 23.8 Å². The number of thiazole rings is 1. The molecule has 3 aromatic heterocycles. The topological polar surface area (TPSA) is 106 Å². The quantitative estimate of drug-likeness (QED) is 0.610. The number of rotatable bonds is 4. The van der Waals surface area contributed by atoms with Crippen LogP contribution in [-0.4, -0.2) is 58.5 Å². The summed E-state index contributed by atoms with van der Waals surface area (Å²) in [7, 11) is -3.48. The monoisotopic (exact) mass is 443 g/mol. The summed E-state index contributed by atoms with van der Waals surface area (Å²) in [5, 5.41) is 0. The molecule has 1 aliphatic rings. The lowest BCUT2D eigenvalue weighted by atomic mass is 9.93. The molecule has 4 heterocycles. The first-order valence-corrected chi connectivity index (χ1v) is 12.3. The number of aromatic nitrogens is 4. The van der Waals surface area contributed by atoms with Gasteiger partial charge < -0.3 is 4.90 Å². The van der Waals surface area contributed by atoms with Crippen molar-refractivity contribution in [2.45, 2.75) is 30.6 Å². The highest BCUT2D eigenvalue weighted by molar-refractivity contribution is 7.90. The molecule has 0 unspecified atom stereocenters. The Morgan fingerprint density at radius 3 is 2.47 bits per heavy atom. The van der Waals surface area contributed by atoms with Crippen LogP contribution in [0.15, 0.2) is 41.1 Å². The second kappa shape index (κ2) is 8.19. The first kappa shape index (κ1) is 20.5. The highest BCUT2D eigenvalue weighted by Gasteiger charge is 2.30. The third-order valence-electron chi connectivity index (χ3n) is 5.23. The fourth-order valence-corrected chi connectivity index (χ4v) is 5.21. The van der Waals surface area contributed by atoms with Crippen molar-refractivity contribution in [3.63, 3.8) is 0 Å². The van der Waals surface area contributed by atoms with E-state index in [1.807, 2.05) is 11.8 Å². The summed E-state index contributed by atoms with van der Waals surface area (Å²) in [6.07, 6.45) is 7.14. The summed E-state index contributed by atoms with van der Waals surface area (Å²) in [6, 6.07) is 3.58. The molecule has 0 saturated carbocycles. The number of amides is 1. The van der Waals surface area contributed by atoms with E-state index >= 15 is 0 Å². The molecule has 3 aromatic rings. The van der Waals surface area contributed by atoms with E-state index in [9.17, 15) is 13.2 Å². The van der Waals surface area contributed by atoms with E-state index in [0.29, 0.717) is 42.3 Å². The van der Waals surface area contributed by atoms with E-state index in [-0.39, 0.29) is 16.7 Å². The Morgan fingerprint density at radius 2 is 1.87 bits per heavy atom. The maximum absolute atomic E-state index is 12.8. The Bertz CT molecular complexity index is 1170. The molecular formula is C20H21N5O3S2. The molecule has 8 nitrogen and oxygen atoms in total. The van der Waals surface area contributed by atoms with Gasteiger partial charge in [-0.2, -0.15) is 0 Å². The van der Waals surface area contributed by atoms with Gasteiger partial charge in [-0.05, 0) is 31.9 Å². The minimum atomic E-state index is -3.48. The van der Waals surface area contributed by atoms with Crippen molar-refractivity contribution in [3.05, 3.63) is 52.5 Å². The molecule has 0 aliphatic carbocycles. The van der Waals surface area contributed by atoms with Crippen molar-refractivity contribution < 1.29 is 13.2 Å². The van der Waals surface area contributed by atoms with E-state index in [0.717, 1.165) is 11.3 Å². The van der Waals surface area contributed by atoms with Crippen LogP contribution in [-0.2, 0) is 9.84 Å². The first-order chi connectivity index (χ1) is 14.3. The van der Waals surface area contributed by atoms with Gasteiger partial charge in [-0.15, -0.1) is 11.3 Å². The van der Waals surface area contributed by atoms with Gasteiger partial charge in [0.25, 0.3) is 5.91 Å². The van der Waals surface area contributed by atoms with Gasteiger partial charge in [0.15, 0.2) is 15.7 Å². The molecule has 1 amide bonds. The highest BCUT2D eigenvalue weighted by Crippen LogP contribution is 2.33. The maximum atomic E-state index is 12.8. The number of likely N-dealkylation sites (tertiary alicyclic amines) is 1. The lowest BCUT2D eigenvalue weighted by Crippen LogP contribution is -2.38. The normalized spacial score (nSPS) is 15.3. The largest absolute Gasteiger partial charge is 0.338 e. The average molecular weight is 444 g/mol. The van der Waals surface area contributed by atoms with Crippen LogP contribution in [0.2, 0.25) is 0 Å². The summed E-state index contributed by atoms with van der Waals surface area (Å²) in [5.41, 5.74) is 3.72. The van der Waals surface area contributed by atoms with Crippen LogP contribution in [0.4, 0.5) is 0 Å². The number of carbonyl (C=O) groups is 1. The molecule has 0 radical (unpaired) electrons. The molecule has 1 saturated heterocycles. The van der Waals surface area contributed by atoms with Gasteiger partial charge in [0.1, 0.15) is 9.77 Å². The SMILES string of the molecule is Cc1ncsc1C(=O)N1CCC(c2nc(-c3ccncc3)ncc2S(C)(=O)=O)CC1. The van der Waals surface area contributed by atoms with Gasteiger partial charge >= 0.3 is 0 Å². The van der Waals surface area contributed by atoms with Crippen LogP contribution in [0, 0.1) is 6.92 Å². The second-order valence-electron chi connectivity index (χ2n) is 7.28. The number of hydrogen-bond donors (Lipinski definition) is 0. The fraction of sp³-hybridized carbons (Fsp3) is 0.350. The molecule has 4 rings (SSSR count). The van der Waals surface area contributed by atoms with Gasteiger partial charge in [0, 0.05) is 49.4 Å². The zero-order chi connectivity index (χ0) is 21.3. The van der Waals surface area contributed by atoms with Crippen molar-refractivity contribution >= 4 is 27.1 Å². The summed E-state index contributed by atoms with van der Waals surface area (Å²) in [6.45, 7) is 2.91. The predicted octanol–water partition coefficient (Wildman–Crippen LogP) is 2.73. The highest BCUT2D eigenvalue weighted by atomic mass is 32.2. The zero-order valence-electron chi connectivity index (χ0n) is 16.6. The third kappa shape index (κ3) is 4.10. The number of carbonyl (C=O) groups excluding carboxylic acids is 1. The Balaban J connectivity index is 1.60. The lowest BCUT2D eigenvalue weighted by molar-refractivity contribution is 0.0715. The van der Waals surface area contributed by atoms with Crippen LogP contribution >= 0.6 is 11.3 Å². The summed E-state index contributed by atoms with van der Waals surface area (Å²) in [5.74, 6) is 0.389. The third-order valence-corrected chi connectivity index (χ3v) is 7.26. The van der Waals surface area contributed by atoms with Gasteiger partial charge in [0.2, 0.25) is 0 Å². The van der Waals surface area contributed by atoms with Crippen molar-refractivity contribution in [2.75, 3.05) is 19.3 Å². The van der Waals surface area contributed by atoms with E-state index in [4.69, 9.17) is 0 Å². The van der Waals surface area contributed by atoms with E-state index < -0.39 is 9.84 Å². The molecular weight excluding hydrogens is 422 g/mol. The summed E-state index contributed by atoms with van der Waals surface area (Å²) in [4.78, 5) is 32.4. The minimum absolute atomic E-state index is 0.0167. The Labute approximate surface area is 179 Å². The Hall–Kier alpha value is -2.72.